The predicted molar refractivity (Wildman–Crippen MR) is 95.9 cm³/mol. The third-order valence-corrected chi connectivity index (χ3v) is 4.37. The zero-order chi connectivity index (χ0) is 16.5. The Balaban J connectivity index is 1.77. The second kappa shape index (κ2) is 5.96. The summed E-state index contributed by atoms with van der Waals surface area (Å²) in [6, 6.07) is 8.07. The lowest BCUT2D eigenvalue weighted by Crippen LogP contribution is -2.28. The first kappa shape index (κ1) is 14.7. The van der Waals surface area contributed by atoms with Gasteiger partial charge in [0.25, 0.3) is 5.56 Å². The van der Waals surface area contributed by atoms with E-state index >= 15 is 0 Å². The maximum atomic E-state index is 12.2. The van der Waals surface area contributed by atoms with E-state index in [1.807, 2.05) is 31.2 Å². The minimum atomic E-state index is -0.123. The van der Waals surface area contributed by atoms with Crippen LogP contribution in [0.4, 0.5) is 17.5 Å². The second-order valence-corrected chi connectivity index (χ2v) is 6.24. The summed E-state index contributed by atoms with van der Waals surface area (Å²) in [4.78, 5) is 23.9. The summed E-state index contributed by atoms with van der Waals surface area (Å²) in [6.45, 7) is 2.02. The largest absolute Gasteiger partial charge is 0.367 e. The third-order valence-electron chi connectivity index (χ3n) is 4.37. The Morgan fingerprint density at radius 1 is 1.21 bits per heavy atom. The molecule has 1 saturated carbocycles. The van der Waals surface area contributed by atoms with Gasteiger partial charge in [0.2, 0.25) is 0 Å². The molecule has 1 aliphatic rings. The predicted octanol–water partition coefficient (Wildman–Crippen LogP) is 3.33. The van der Waals surface area contributed by atoms with E-state index in [0.717, 1.165) is 29.6 Å². The standard InChI is InChI=1S/C18H19N5O/c1-11-5-7-19-14(9-11)22-15-10-12-6-8-20-18(24)16(12)17(23-15)21-13-3-2-4-13/h5-10,13H,2-4H2,1H3,(H,20,24)(H2,19,21,22,23). The van der Waals surface area contributed by atoms with Gasteiger partial charge in [0.05, 0.1) is 5.39 Å². The maximum Gasteiger partial charge on any atom is 0.259 e. The van der Waals surface area contributed by atoms with Gasteiger partial charge in [0, 0.05) is 18.4 Å². The van der Waals surface area contributed by atoms with E-state index in [4.69, 9.17) is 0 Å². The molecule has 0 radical (unpaired) electrons. The van der Waals surface area contributed by atoms with Gasteiger partial charge in [-0.15, -0.1) is 0 Å². The van der Waals surface area contributed by atoms with Gasteiger partial charge < -0.3 is 15.6 Å². The van der Waals surface area contributed by atoms with Crippen LogP contribution < -0.4 is 16.2 Å². The molecule has 24 heavy (non-hydrogen) atoms. The Morgan fingerprint density at radius 2 is 2.08 bits per heavy atom. The van der Waals surface area contributed by atoms with E-state index in [9.17, 15) is 4.79 Å². The number of hydrogen-bond donors (Lipinski definition) is 3. The Bertz CT molecular complexity index is 946. The molecule has 0 atom stereocenters. The smallest absolute Gasteiger partial charge is 0.259 e. The first-order valence-corrected chi connectivity index (χ1v) is 8.18. The fourth-order valence-corrected chi connectivity index (χ4v) is 2.86. The van der Waals surface area contributed by atoms with Crippen LogP contribution in [0.15, 0.2) is 41.5 Å². The van der Waals surface area contributed by atoms with Crippen LogP contribution in [0.1, 0.15) is 24.8 Å². The summed E-state index contributed by atoms with van der Waals surface area (Å²) in [5.41, 5.74) is 1.000. The summed E-state index contributed by atoms with van der Waals surface area (Å²) >= 11 is 0. The molecule has 0 aliphatic heterocycles. The van der Waals surface area contributed by atoms with E-state index in [0.29, 0.717) is 23.1 Å². The first-order chi connectivity index (χ1) is 11.7. The Labute approximate surface area is 139 Å². The number of aromatic nitrogens is 3. The number of nitrogens with one attached hydrogen (secondary N) is 3. The first-order valence-electron chi connectivity index (χ1n) is 8.18. The van der Waals surface area contributed by atoms with Crippen molar-refractivity contribution in [2.75, 3.05) is 10.6 Å². The van der Waals surface area contributed by atoms with Gasteiger partial charge in [-0.25, -0.2) is 9.97 Å². The number of hydrogen-bond acceptors (Lipinski definition) is 5. The summed E-state index contributed by atoms with van der Waals surface area (Å²) in [7, 11) is 0. The topological polar surface area (TPSA) is 82.7 Å². The molecule has 6 nitrogen and oxygen atoms in total. The van der Waals surface area contributed by atoms with Gasteiger partial charge in [-0.05, 0) is 61.4 Å². The summed E-state index contributed by atoms with van der Waals surface area (Å²) in [5.74, 6) is 2.04. The van der Waals surface area contributed by atoms with Gasteiger partial charge in [-0.1, -0.05) is 0 Å². The van der Waals surface area contributed by atoms with E-state index in [1.54, 1.807) is 12.4 Å². The highest BCUT2D eigenvalue weighted by Gasteiger charge is 2.20. The fraction of sp³-hybridized carbons (Fsp3) is 0.278. The molecule has 0 bridgehead atoms. The SMILES string of the molecule is Cc1ccnc(Nc2cc3cc[nH]c(=O)c3c(NC3CCC3)n2)c1. The van der Waals surface area contributed by atoms with Crippen molar-refractivity contribution >= 4 is 28.2 Å². The van der Waals surface area contributed by atoms with Crippen LogP contribution in [0.5, 0.6) is 0 Å². The maximum absolute atomic E-state index is 12.2. The van der Waals surface area contributed by atoms with Crippen LogP contribution in [-0.2, 0) is 0 Å². The quantitative estimate of drug-likeness (QED) is 0.686. The monoisotopic (exact) mass is 321 g/mol. The molecule has 0 amide bonds. The van der Waals surface area contributed by atoms with Gasteiger partial charge in [0.15, 0.2) is 0 Å². The van der Waals surface area contributed by atoms with Gasteiger partial charge >= 0.3 is 0 Å². The van der Waals surface area contributed by atoms with Crippen molar-refractivity contribution in [1.82, 2.24) is 15.0 Å². The summed E-state index contributed by atoms with van der Waals surface area (Å²) in [5, 5.41) is 8.10. The molecule has 0 saturated heterocycles. The molecule has 6 heteroatoms. The number of aryl methyl sites for hydroxylation is 1. The number of nitrogens with zero attached hydrogens (tertiary/aromatic N) is 2. The van der Waals surface area contributed by atoms with Crippen molar-refractivity contribution in [3.8, 4) is 0 Å². The van der Waals surface area contributed by atoms with Crippen LogP contribution in [0.3, 0.4) is 0 Å². The van der Waals surface area contributed by atoms with Gasteiger partial charge in [-0.3, -0.25) is 4.79 Å². The summed E-state index contributed by atoms with van der Waals surface area (Å²) in [6.07, 6.45) is 6.87. The Kier molecular flexibility index (Phi) is 3.65. The molecular weight excluding hydrogens is 302 g/mol. The molecule has 1 aliphatic carbocycles. The lowest BCUT2D eigenvalue weighted by molar-refractivity contribution is 0.445. The van der Waals surface area contributed by atoms with Crippen molar-refractivity contribution in [2.24, 2.45) is 0 Å². The Morgan fingerprint density at radius 3 is 2.83 bits per heavy atom. The highest BCUT2D eigenvalue weighted by atomic mass is 16.1. The van der Waals surface area contributed by atoms with E-state index in [-0.39, 0.29) is 5.56 Å². The minimum Gasteiger partial charge on any atom is -0.367 e. The molecular formula is C18H19N5O. The lowest BCUT2D eigenvalue weighted by atomic mass is 9.93. The molecule has 0 aromatic carbocycles. The molecule has 4 rings (SSSR count). The van der Waals surface area contributed by atoms with Crippen molar-refractivity contribution in [2.45, 2.75) is 32.2 Å². The van der Waals surface area contributed by atoms with Crippen molar-refractivity contribution in [3.63, 3.8) is 0 Å². The number of rotatable bonds is 4. The lowest BCUT2D eigenvalue weighted by Gasteiger charge is -2.27. The number of fused-ring (bicyclic) bond motifs is 1. The van der Waals surface area contributed by atoms with E-state index in [2.05, 4.69) is 25.6 Å². The highest BCUT2D eigenvalue weighted by Crippen LogP contribution is 2.28. The molecule has 0 spiro atoms. The minimum absolute atomic E-state index is 0.123. The van der Waals surface area contributed by atoms with Crippen molar-refractivity contribution in [3.05, 3.63) is 52.6 Å². The highest BCUT2D eigenvalue weighted by molar-refractivity contribution is 5.93. The van der Waals surface area contributed by atoms with Crippen molar-refractivity contribution in [1.29, 1.82) is 0 Å². The van der Waals surface area contributed by atoms with Crippen LogP contribution in [-0.4, -0.2) is 21.0 Å². The zero-order valence-electron chi connectivity index (χ0n) is 13.5. The molecule has 122 valence electrons. The van der Waals surface area contributed by atoms with E-state index < -0.39 is 0 Å². The molecule has 0 unspecified atom stereocenters. The second-order valence-electron chi connectivity index (χ2n) is 6.24. The number of H-pyrrole nitrogens is 1. The average molecular weight is 321 g/mol. The number of anilines is 3. The fourth-order valence-electron chi connectivity index (χ4n) is 2.86. The normalized spacial score (nSPS) is 14.4. The molecule has 3 aromatic heterocycles. The average Bonchev–Trinajstić information content (AvgIpc) is 2.51. The molecule has 3 N–H and O–H groups in total. The van der Waals surface area contributed by atoms with Gasteiger partial charge in [-0.2, -0.15) is 0 Å². The summed E-state index contributed by atoms with van der Waals surface area (Å²) < 4.78 is 0. The van der Waals surface area contributed by atoms with Crippen LogP contribution in [0, 0.1) is 6.92 Å². The van der Waals surface area contributed by atoms with Crippen LogP contribution >= 0.6 is 0 Å². The van der Waals surface area contributed by atoms with Crippen LogP contribution in [0.2, 0.25) is 0 Å². The molecule has 3 aromatic rings. The molecule has 1 fully saturated rings. The van der Waals surface area contributed by atoms with Gasteiger partial charge in [0.1, 0.15) is 17.5 Å². The molecule has 3 heterocycles. The van der Waals surface area contributed by atoms with E-state index in [1.165, 1.54) is 6.42 Å². The Hall–Kier alpha value is -2.89. The van der Waals surface area contributed by atoms with Crippen LogP contribution in [0.25, 0.3) is 10.8 Å². The van der Waals surface area contributed by atoms with Crippen molar-refractivity contribution < 1.29 is 0 Å². The zero-order valence-corrected chi connectivity index (χ0v) is 13.5. The third kappa shape index (κ3) is 2.82. The number of aromatic amines is 1. The number of pyridine rings is 3.